The molecule has 0 saturated heterocycles. The van der Waals surface area contributed by atoms with E-state index >= 15 is 0 Å². The minimum Gasteiger partial charge on any atom is -0.484 e. The summed E-state index contributed by atoms with van der Waals surface area (Å²) in [5, 5.41) is 11.0. The Kier molecular flexibility index (Phi) is 6.69. The van der Waals surface area contributed by atoms with Crippen molar-refractivity contribution < 1.29 is 19.2 Å². The summed E-state index contributed by atoms with van der Waals surface area (Å²) in [6.07, 6.45) is 2.73. The first kappa shape index (κ1) is 18.9. The number of nitro benzene ring substituents is 1. The van der Waals surface area contributed by atoms with Gasteiger partial charge < -0.3 is 4.74 Å². The second-order valence-corrected chi connectivity index (χ2v) is 5.34. The molecule has 0 aliphatic rings. The van der Waals surface area contributed by atoms with Gasteiger partial charge in [-0.2, -0.15) is 0 Å². The van der Waals surface area contributed by atoms with Gasteiger partial charge in [0, 0.05) is 23.2 Å². The molecule has 0 heterocycles. The number of carbonyl (C=O) groups is 2. The predicted molar refractivity (Wildman–Crippen MR) is 95.4 cm³/mol. The Bertz CT molecular complexity index is 837. The second-order valence-electron chi connectivity index (χ2n) is 4.93. The minimum atomic E-state index is -0.595. The Morgan fingerprint density at radius 1 is 1.12 bits per heavy atom. The highest BCUT2D eigenvalue weighted by Crippen LogP contribution is 2.17. The van der Waals surface area contributed by atoms with Crippen molar-refractivity contribution in [1.29, 1.82) is 0 Å². The maximum Gasteiger partial charge on any atom is 0.276 e. The lowest BCUT2D eigenvalue weighted by Gasteiger charge is -2.07. The zero-order chi connectivity index (χ0) is 18.9. The molecule has 0 fully saturated rings. The third-order valence-corrected chi connectivity index (χ3v) is 3.41. The van der Waals surface area contributed by atoms with Gasteiger partial charge in [0.2, 0.25) is 0 Å². The number of carbonyl (C=O) groups excluding carboxylic acids is 2. The van der Waals surface area contributed by atoms with Crippen LogP contribution in [0.5, 0.6) is 5.75 Å². The van der Waals surface area contributed by atoms with Crippen LogP contribution in [-0.4, -0.2) is 23.3 Å². The number of nitrogens with one attached hydrogen (secondary N) is 2. The SMILES string of the molecule is O=C(C=Cc1ccccc1Cl)NNC(=O)COc1ccc([N+](=O)[O-])cc1. The molecule has 2 aromatic carbocycles. The fraction of sp³-hybridized carbons (Fsp3) is 0.0588. The molecule has 134 valence electrons. The first-order valence-corrected chi connectivity index (χ1v) is 7.72. The van der Waals surface area contributed by atoms with Crippen molar-refractivity contribution in [1.82, 2.24) is 10.9 Å². The monoisotopic (exact) mass is 375 g/mol. The molecule has 8 nitrogen and oxygen atoms in total. The van der Waals surface area contributed by atoms with Gasteiger partial charge in [0.25, 0.3) is 17.5 Å². The van der Waals surface area contributed by atoms with Gasteiger partial charge >= 0.3 is 0 Å². The lowest BCUT2D eigenvalue weighted by molar-refractivity contribution is -0.384. The average molecular weight is 376 g/mol. The van der Waals surface area contributed by atoms with E-state index in [1.54, 1.807) is 24.3 Å². The Morgan fingerprint density at radius 3 is 2.46 bits per heavy atom. The van der Waals surface area contributed by atoms with Gasteiger partial charge in [-0.05, 0) is 29.8 Å². The van der Waals surface area contributed by atoms with Gasteiger partial charge in [-0.15, -0.1) is 0 Å². The Morgan fingerprint density at radius 2 is 1.81 bits per heavy atom. The molecular formula is C17H14ClN3O5. The van der Waals surface area contributed by atoms with E-state index in [9.17, 15) is 19.7 Å². The summed E-state index contributed by atoms with van der Waals surface area (Å²) >= 11 is 5.96. The van der Waals surface area contributed by atoms with Crippen LogP contribution in [0.3, 0.4) is 0 Å². The van der Waals surface area contributed by atoms with E-state index in [0.717, 1.165) is 0 Å². The Labute approximate surface area is 153 Å². The lowest BCUT2D eigenvalue weighted by atomic mass is 10.2. The van der Waals surface area contributed by atoms with Crippen LogP contribution >= 0.6 is 11.6 Å². The van der Waals surface area contributed by atoms with Crippen LogP contribution in [0.4, 0.5) is 5.69 Å². The quantitative estimate of drug-likeness (QED) is 0.458. The van der Waals surface area contributed by atoms with Gasteiger partial charge in [0.15, 0.2) is 6.61 Å². The van der Waals surface area contributed by atoms with Crippen molar-refractivity contribution in [3.63, 3.8) is 0 Å². The molecule has 2 amide bonds. The number of non-ortho nitro benzene ring substituents is 1. The third-order valence-electron chi connectivity index (χ3n) is 3.06. The Balaban J connectivity index is 1.75. The normalized spacial score (nSPS) is 10.3. The van der Waals surface area contributed by atoms with Crippen molar-refractivity contribution in [3.8, 4) is 5.75 Å². The number of nitro groups is 1. The summed E-state index contributed by atoms with van der Waals surface area (Å²) in [5.74, 6) is -0.854. The summed E-state index contributed by atoms with van der Waals surface area (Å²) in [4.78, 5) is 33.3. The van der Waals surface area contributed by atoms with Crippen molar-refractivity contribution in [2.75, 3.05) is 6.61 Å². The number of rotatable bonds is 6. The van der Waals surface area contributed by atoms with E-state index in [-0.39, 0.29) is 18.0 Å². The fourth-order valence-electron chi connectivity index (χ4n) is 1.80. The standard InChI is InChI=1S/C17H14ClN3O5/c18-15-4-2-1-3-12(15)5-10-16(22)19-20-17(23)11-26-14-8-6-13(7-9-14)21(24)25/h1-10H,11H2,(H,19,22)(H,20,23). The molecule has 2 rings (SSSR count). The molecule has 9 heteroatoms. The van der Waals surface area contributed by atoms with Crippen LogP contribution in [0.25, 0.3) is 6.08 Å². The molecule has 0 radical (unpaired) electrons. The molecule has 2 aromatic rings. The molecule has 0 atom stereocenters. The number of hydrogen-bond acceptors (Lipinski definition) is 5. The molecule has 0 bridgehead atoms. The third kappa shape index (κ3) is 5.91. The number of hydrogen-bond donors (Lipinski definition) is 2. The molecule has 2 N–H and O–H groups in total. The van der Waals surface area contributed by atoms with Crippen LogP contribution in [0.2, 0.25) is 5.02 Å². The molecule has 0 aromatic heterocycles. The molecular weight excluding hydrogens is 362 g/mol. The zero-order valence-corrected chi connectivity index (χ0v) is 14.1. The van der Waals surface area contributed by atoms with Gasteiger partial charge in [0.05, 0.1) is 4.92 Å². The molecule has 0 spiro atoms. The first-order chi connectivity index (χ1) is 12.5. The highest BCUT2D eigenvalue weighted by molar-refractivity contribution is 6.32. The largest absolute Gasteiger partial charge is 0.484 e. The van der Waals surface area contributed by atoms with Gasteiger partial charge in [-0.3, -0.25) is 30.6 Å². The smallest absolute Gasteiger partial charge is 0.276 e. The van der Waals surface area contributed by atoms with E-state index in [1.807, 2.05) is 0 Å². The lowest BCUT2D eigenvalue weighted by Crippen LogP contribution is -2.43. The summed E-state index contributed by atoms with van der Waals surface area (Å²) < 4.78 is 5.16. The van der Waals surface area contributed by atoms with Gasteiger partial charge in [0.1, 0.15) is 5.75 Å². The second kappa shape index (κ2) is 9.19. The highest BCUT2D eigenvalue weighted by atomic mass is 35.5. The summed E-state index contributed by atoms with van der Waals surface area (Å²) in [7, 11) is 0. The van der Waals surface area contributed by atoms with E-state index < -0.39 is 16.7 Å². The van der Waals surface area contributed by atoms with Crippen LogP contribution in [-0.2, 0) is 9.59 Å². The molecule has 0 aliphatic carbocycles. The molecule has 0 aliphatic heterocycles. The predicted octanol–water partition coefficient (Wildman–Crippen LogP) is 2.49. The molecule has 0 saturated carbocycles. The van der Waals surface area contributed by atoms with Crippen molar-refractivity contribution in [2.24, 2.45) is 0 Å². The number of amides is 2. The van der Waals surface area contributed by atoms with E-state index in [4.69, 9.17) is 16.3 Å². The topological polar surface area (TPSA) is 111 Å². The maximum absolute atomic E-state index is 11.6. The number of halogens is 1. The van der Waals surface area contributed by atoms with Gasteiger partial charge in [-0.25, -0.2) is 0 Å². The van der Waals surface area contributed by atoms with Crippen molar-refractivity contribution >= 4 is 35.2 Å². The maximum atomic E-state index is 11.6. The summed E-state index contributed by atoms with van der Waals surface area (Å²) in [5.41, 5.74) is 4.95. The Hall–Kier alpha value is -3.39. The molecule has 0 unspecified atom stereocenters. The van der Waals surface area contributed by atoms with E-state index in [1.165, 1.54) is 36.4 Å². The average Bonchev–Trinajstić information content (AvgIpc) is 2.64. The minimum absolute atomic E-state index is 0.0839. The van der Waals surface area contributed by atoms with Gasteiger partial charge in [-0.1, -0.05) is 29.8 Å². The highest BCUT2D eigenvalue weighted by Gasteiger charge is 2.07. The van der Waals surface area contributed by atoms with E-state index in [0.29, 0.717) is 10.6 Å². The van der Waals surface area contributed by atoms with Crippen LogP contribution in [0, 0.1) is 10.1 Å². The molecule has 26 heavy (non-hydrogen) atoms. The fourth-order valence-corrected chi connectivity index (χ4v) is 2.00. The number of nitrogens with zero attached hydrogens (tertiary/aromatic N) is 1. The number of hydrazine groups is 1. The summed E-state index contributed by atoms with van der Waals surface area (Å²) in [6, 6.07) is 12.2. The van der Waals surface area contributed by atoms with Crippen molar-refractivity contribution in [3.05, 3.63) is 75.3 Å². The van der Waals surface area contributed by atoms with Crippen LogP contribution < -0.4 is 15.6 Å². The van der Waals surface area contributed by atoms with E-state index in [2.05, 4.69) is 10.9 Å². The van der Waals surface area contributed by atoms with Crippen molar-refractivity contribution in [2.45, 2.75) is 0 Å². The van der Waals surface area contributed by atoms with Crippen LogP contribution in [0.15, 0.2) is 54.6 Å². The first-order valence-electron chi connectivity index (χ1n) is 7.34. The number of ether oxygens (including phenoxy) is 1. The number of benzene rings is 2. The summed E-state index contributed by atoms with van der Waals surface area (Å²) in [6.45, 7) is -0.369. The van der Waals surface area contributed by atoms with Crippen LogP contribution in [0.1, 0.15) is 5.56 Å². The zero-order valence-electron chi connectivity index (χ0n) is 13.3.